The fourth-order valence-corrected chi connectivity index (χ4v) is 3.32. The Kier molecular flexibility index (Phi) is 4.63. The van der Waals surface area contributed by atoms with Crippen LogP contribution >= 0.6 is 0 Å². The lowest BCUT2D eigenvalue weighted by molar-refractivity contribution is 0.0909. The summed E-state index contributed by atoms with van der Waals surface area (Å²) in [5.74, 6) is -0.0392. The van der Waals surface area contributed by atoms with E-state index in [0.29, 0.717) is 12.0 Å². The average molecular weight is 357 g/mol. The largest absolute Gasteiger partial charge is 0.451 e. The maximum atomic E-state index is 12.5. The van der Waals surface area contributed by atoms with Crippen LogP contribution in [0.15, 0.2) is 63.9 Å². The van der Waals surface area contributed by atoms with Gasteiger partial charge in [0, 0.05) is 11.6 Å². The summed E-state index contributed by atoms with van der Waals surface area (Å²) in [6.07, 6.45) is 1.84. The summed E-state index contributed by atoms with van der Waals surface area (Å²) in [7, 11) is -3.24. The fraction of sp³-hybridized carbons (Fsp3) is 0.211. The highest BCUT2D eigenvalue weighted by atomic mass is 32.2. The van der Waals surface area contributed by atoms with Crippen LogP contribution in [0.1, 0.15) is 35.5 Å². The van der Waals surface area contributed by atoms with Gasteiger partial charge in [0.05, 0.1) is 10.9 Å². The number of fused-ring (bicyclic) bond motifs is 1. The second-order valence-corrected chi connectivity index (χ2v) is 7.94. The molecule has 2 aromatic carbocycles. The van der Waals surface area contributed by atoms with Crippen molar-refractivity contribution in [2.75, 3.05) is 6.26 Å². The Labute approximate surface area is 146 Å². The average Bonchev–Trinajstić information content (AvgIpc) is 3.03. The molecule has 130 valence electrons. The third kappa shape index (κ3) is 3.74. The number of amides is 1. The molecule has 0 saturated carbocycles. The second-order valence-electron chi connectivity index (χ2n) is 5.92. The Morgan fingerprint density at radius 3 is 2.40 bits per heavy atom. The summed E-state index contributed by atoms with van der Waals surface area (Å²) < 4.78 is 28.7. The molecule has 3 aromatic rings. The van der Waals surface area contributed by atoms with Gasteiger partial charge in [0.1, 0.15) is 5.58 Å². The standard InChI is InChI=1S/C19H19NO4S/c1-3-16(13-8-10-15(11-9-13)25(2,22)23)20-19(21)18-12-14-6-4-5-7-17(14)24-18/h4-12,16H,3H2,1-2H3,(H,20,21). The molecule has 0 saturated heterocycles. The smallest absolute Gasteiger partial charge is 0.287 e. The van der Waals surface area contributed by atoms with Gasteiger partial charge >= 0.3 is 0 Å². The van der Waals surface area contributed by atoms with E-state index < -0.39 is 9.84 Å². The molecule has 3 rings (SSSR count). The highest BCUT2D eigenvalue weighted by molar-refractivity contribution is 7.90. The van der Waals surface area contributed by atoms with Gasteiger partial charge in [-0.05, 0) is 36.2 Å². The lowest BCUT2D eigenvalue weighted by Gasteiger charge is -2.17. The number of para-hydroxylation sites is 1. The zero-order chi connectivity index (χ0) is 18.0. The van der Waals surface area contributed by atoms with E-state index in [2.05, 4.69) is 5.32 Å². The number of benzene rings is 2. The summed E-state index contributed by atoms with van der Waals surface area (Å²) in [5.41, 5.74) is 1.51. The first-order valence-electron chi connectivity index (χ1n) is 7.98. The van der Waals surface area contributed by atoms with Gasteiger partial charge in [0.15, 0.2) is 15.6 Å². The van der Waals surface area contributed by atoms with Crippen LogP contribution in [0.2, 0.25) is 0 Å². The van der Waals surface area contributed by atoms with Crippen LogP contribution < -0.4 is 5.32 Å². The fourth-order valence-electron chi connectivity index (χ4n) is 2.69. The number of sulfone groups is 1. The number of rotatable bonds is 5. The monoisotopic (exact) mass is 357 g/mol. The Morgan fingerprint density at radius 1 is 1.12 bits per heavy atom. The van der Waals surface area contributed by atoms with E-state index in [1.807, 2.05) is 31.2 Å². The molecule has 0 spiro atoms. The van der Waals surface area contributed by atoms with Crippen LogP contribution in [0.5, 0.6) is 0 Å². The van der Waals surface area contributed by atoms with E-state index in [1.165, 1.54) is 6.26 Å². The molecule has 0 radical (unpaired) electrons. The van der Waals surface area contributed by atoms with Gasteiger partial charge in [-0.15, -0.1) is 0 Å². The van der Waals surface area contributed by atoms with Crippen molar-refractivity contribution in [2.45, 2.75) is 24.3 Å². The number of carbonyl (C=O) groups excluding carboxylic acids is 1. The lowest BCUT2D eigenvalue weighted by Crippen LogP contribution is -2.27. The van der Waals surface area contributed by atoms with Gasteiger partial charge < -0.3 is 9.73 Å². The molecule has 25 heavy (non-hydrogen) atoms. The Morgan fingerprint density at radius 2 is 1.80 bits per heavy atom. The van der Waals surface area contributed by atoms with Gasteiger partial charge in [0.2, 0.25) is 0 Å². The van der Waals surface area contributed by atoms with Crippen molar-refractivity contribution in [3.8, 4) is 0 Å². The highest BCUT2D eigenvalue weighted by Gasteiger charge is 2.18. The van der Waals surface area contributed by atoms with Gasteiger partial charge in [-0.3, -0.25) is 4.79 Å². The Hall–Kier alpha value is -2.60. The first-order valence-corrected chi connectivity index (χ1v) is 9.87. The van der Waals surface area contributed by atoms with E-state index in [0.717, 1.165) is 10.9 Å². The summed E-state index contributed by atoms with van der Waals surface area (Å²) in [6.45, 7) is 1.95. The van der Waals surface area contributed by atoms with Crippen LogP contribution in [0.25, 0.3) is 11.0 Å². The van der Waals surface area contributed by atoms with Gasteiger partial charge in [-0.1, -0.05) is 37.3 Å². The van der Waals surface area contributed by atoms with Crippen molar-refractivity contribution in [1.29, 1.82) is 0 Å². The lowest BCUT2D eigenvalue weighted by atomic mass is 10.0. The zero-order valence-corrected chi connectivity index (χ0v) is 14.8. The normalized spacial score (nSPS) is 12.9. The summed E-state index contributed by atoms with van der Waals surface area (Å²) in [4.78, 5) is 12.7. The number of furan rings is 1. The zero-order valence-electron chi connectivity index (χ0n) is 14.0. The molecular weight excluding hydrogens is 338 g/mol. The van der Waals surface area contributed by atoms with Crippen molar-refractivity contribution >= 4 is 26.7 Å². The van der Waals surface area contributed by atoms with Gasteiger partial charge in [0.25, 0.3) is 5.91 Å². The van der Waals surface area contributed by atoms with Crippen LogP contribution in [0, 0.1) is 0 Å². The number of carbonyl (C=O) groups is 1. The summed E-state index contributed by atoms with van der Waals surface area (Å²) >= 11 is 0. The molecule has 6 heteroatoms. The first kappa shape index (κ1) is 17.2. The predicted octanol–water partition coefficient (Wildman–Crippen LogP) is 3.72. The topological polar surface area (TPSA) is 76.4 Å². The van der Waals surface area contributed by atoms with Crippen molar-refractivity contribution < 1.29 is 17.6 Å². The molecule has 5 nitrogen and oxygen atoms in total. The van der Waals surface area contributed by atoms with E-state index in [1.54, 1.807) is 30.3 Å². The van der Waals surface area contributed by atoms with E-state index in [-0.39, 0.29) is 22.6 Å². The summed E-state index contributed by atoms with van der Waals surface area (Å²) in [5, 5.41) is 3.81. The van der Waals surface area contributed by atoms with Gasteiger partial charge in [-0.2, -0.15) is 0 Å². The minimum absolute atomic E-state index is 0.227. The third-order valence-corrected chi connectivity index (χ3v) is 5.20. The quantitative estimate of drug-likeness (QED) is 0.755. The number of nitrogens with one attached hydrogen (secondary N) is 1. The van der Waals surface area contributed by atoms with E-state index in [9.17, 15) is 13.2 Å². The molecule has 1 amide bonds. The van der Waals surface area contributed by atoms with E-state index >= 15 is 0 Å². The third-order valence-electron chi connectivity index (χ3n) is 4.07. The van der Waals surface area contributed by atoms with Crippen molar-refractivity contribution in [3.63, 3.8) is 0 Å². The Balaban J connectivity index is 1.80. The molecule has 0 bridgehead atoms. The minimum Gasteiger partial charge on any atom is -0.451 e. The molecule has 0 aliphatic heterocycles. The first-order chi connectivity index (χ1) is 11.9. The Bertz CT molecular complexity index is 970. The predicted molar refractivity (Wildman–Crippen MR) is 96.3 cm³/mol. The molecular formula is C19H19NO4S. The van der Waals surface area contributed by atoms with E-state index in [4.69, 9.17) is 4.42 Å². The van der Waals surface area contributed by atoms with Crippen LogP contribution in [0.3, 0.4) is 0 Å². The second kappa shape index (κ2) is 6.72. The van der Waals surface area contributed by atoms with Gasteiger partial charge in [-0.25, -0.2) is 8.42 Å². The highest BCUT2D eigenvalue weighted by Crippen LogP contribution is 2.22. The SMILES string of the molecule is CCC(NC(=O)c1cc2ccccc2o1)c1ccc(S(C)(=O)=O)cc1. The van der Waals surface area contributed by atoms with Crippen molar-refractivity contribution in [1.82, 2.24) is 5.32 Å². The maximum Gasteiger partial charge on any atom is 0.287 e. The van der Waals surface area contributed by atoms with Crippen molar-refractivity contribution in [2.24, 2.45) is 0 Å². The molecule has 0 aliphatic carbocycles. The molecule has 1 unspecified atom stereocenters. The summed E-state index contributed by atoms with van der Waals surface area (Å²) in [6, 6.07) is 15.5. The van der Waals surface area contributed by atoms with Crippen LogP contribution in [-0.2, 0) is 9.84 Å². The molecule has 0 aliphatic rings. The molecule has 1 atom stereocenters. The maximum absolute atomic E-state index is 12.5. The van der Waals surface area contributed by atoms with Crippen molar-refractivity contribution in [3.05, 3.63) is 65.9 Å². The molecule has 1 heterocycles. The van der Waals surface area contributed by atoms with Crippen LogP contribution in [-0.4, -0.2) is 20.6 Å². The number of hydrogen-bond donors (Lipinski definition) is 1. The molecule has 1 aromatic heterocycles. The number of hydrogen-bond acceptors (Lipinski definition) is 4. The molecule has 1 N–H and O–H groups in total. The molecule has 0 fully saturated rings. The van der Waals surface area contributed by atoms with Crippen LogP contribution in [0.4, 0.5) is 0 Å². The minimum atomic E-state index is -3.24.